The van der Waals surface area contributed by atoms with Crippen molar-refractivity contribution in [2.24, 2.45) is 0 Å². The normalized spacial score (nSPS) is 13.0. The van der Waals surface area contributed by atoms with E-state index in [1.807, 2.05) is 11.8 Å². The van der Waals surface area contributed by atoms with Gasteiger partial charge < -0.3 is 0 Å². The van der Waals surface area contributed by atoms with Crippen LogP contribution in [0.3, 0.4) is 0 Å². The molecule has 3 heteroatoms. The van der Waals surface area contributed by atoms with Crippen LogP contribution < -0.4 is 4.57 Å². The molecule has 0 amide bonds. The lowest BCUT2D eigenvalue weighted by atomic mass is 9.87. The molecule has 1 aromatic heterocycles. The Kier molecular flexibility index (Phi) is 3.69. The third-order valence-corrected chi connectivity index (χ3v) is 7.02. The standard InChI is InChI=1S/C27H22N2S/c1-27(2,3)20-11-13-21(14-12-20)28-17-29-23-15-18-7-4-5-8-19(18)16-25(23)30-24-10-6-9-22(28)26(24)29/h4-16H,1-3H3. The van der Waals surface area contributed by atoms with Crippen LogP contribution in [-0.4, -0.2) is 4.57 Å². The molecule has 0 bridgehead atoms. The van der Waals surface area contributed by atoms with Gasteiger partial charge in [-0.2, -0.15) is 0 Å². The first kappa shape index (κ1) is 17.8. The van der Waals surface area contributed by atoms with Gasteiger partial charge >= 0.3 is 0 Å². The lowest BCUT2D eigenvalue weighted by molar-refractivity contribution is -0.576. The molecule has 2 nitrogen and oxygen atoms in total. The minimum Gasteiger partial charge on any atom is -0.292 e. The molecule has 0 radical (unpaired) electrons. The van der Waals surface area contributed by atoms with Crippen molar-refractivity contribution in [3.63, 3.8) is 0 Å². The molecule has 1 aliphatic rings. The van der Waals surface area contributed by atoms with Gasteiger partial charge in [0.1, 0.15) is 0 Å². The lowest BCUT2D eigenvalue weighted by Crippen LogP contribution is -2.32. The molecule has 0 spiro atoms. The predicted octanol–water partition coefficient (Wildman–Crippen LogP) is 6.62. The zero-order chi connectivity index (χ0) is 20.5. The average molecular weight is 407 g/mol. The number of rotatable bonds is 1. The molecule has 0 N–H and O–H groups in total. The van der Waals surface area contributed by atoms with E-state index in [9.17, 15) is 0 Å². The molecule has 0 saturated carbocycles. The van der Waals surface area contributed by atoms with Gasteiger partial charge in [0.25, 0.3) is 6.33 Å². The van der Waals surface area contributed by atoms with Gasteiger partial charge in [0.15, 0.2) is 0 Å². The van der Waals surface area contributed by atoms with Crippen molar-refractivity contribution in [3.05, 3.63) is 90.8 Å². The molecule has 146 valence electrons. The Labute approximate surface area is 180 Å². The van der Waals surface area contributed by atoms with Gasteiger partial charge in [-0.15, -0.1) is 0 Å². The van der Waals surface area contributed by atoms with Crippen molar-refractivity contribution >= 4 is 33.6 Å². The predicted molar refractivity (Wildman–Crippen MR) is 124 cm³/mol. The summed E-state index contributed by atoms with van der Waals surface area (Å²) in [6.07, 6.45) is 3.65. The van der Waals surface area contributed by atoms with E-state index in [0.29, 0.717) is 0 Å². The monoisotopic (exact) mass is 406 g/mol. The highest BCUT2D eigenvalue weighted by Gasteiger charge is 2.23. The van der Waals surface area contributed by atoms with E-state index >= 15 is 0 Å². The average Bonchev–Trinajstić information content (AvgIpc) is 3.13. The van der Waals surface area contributed by atoms with Crippen molar-refractivity contribution in [3.8, 4) is 11.4 Å². The molecular formula is C27H22N2S. The van der Waals surface area contributed by atoms with Crippen LogP contribution in [0.15, 0.2) is 88.7 Å². The Morgan fingerprint density at radius 1 is 0.800 bits per heavy atom. The summed E-state index contributed by atoms with van der Waals surface area (Å²) in [5.74, 6) is 0. The van der Waals surface area contributed by atoms with Crippen LogP contribution in [0, 0.1) is 6.33 Å². The summed E-state index contributed by atoms with van der Waals surface area (Å²) in [4.78, 5) is 2.55. The second-order valence-corrected chi connectivity index (χ2v) is 10.0. The third-order valence-electron chi connectivity index (χ3n) is 5.92. The van der Waals surface area contributed by atoms with E-state index in [4.69, 9.17) is 0 Å². The van der Waals surface area contributed by atoms with E-state index in [2.05, 4.69) is 115 Å². The van der Waals surface area contributed by atoms with Crippen LogP contribution >= 0.6 is 11.8 Å². The molecule has 0 saturated heterocycles. The maximum absolute atomic E-state index is 3.65. The lowest BCUT2D eigenvalue weighted by Gasteiger charge is -2.19. The molecular weight excluding hydrogens is 384 g/mol. The van der Waals surface area contributed by atoms with E-state index in [0.717, 1.165) is 5.69 Å². The molecule has 0 aliphatic carbocycles. The first-order valence-corrected chi connectivity index (χ1v) is 11.1. The van der Waals surface area contributed by atoms with Crippen molar-refractivity contribution in [1.29, 1.82) is 0 Å². The number of hydrogen-bond donors (Lipinski definition) is 0. The zero-order valence-electron chi connectivity index (χ0n) is 17.3. The number of fused-ring (bicyclic) bond motifs is 3. The second kappa shape index (κ2) is 6.23. The Balaban J connectivity index is 1.59. The van der Waals surface area contributed by atoms with Crippen LogP contribution in [0.1, 0.15) is 26.3 Å². The van der Waals surface area contributed by atoms with Gasteiger partial charge in [0.2, 0.25) is 0 Å². The van der Waals surface area contributed by atoms with Gasteiger partial charge in [-0.3, -0.25) is 9.13 Å². The first-order chi connectivity index (χ1) is 14.5. The SMILES string of the molecule is CC(C)(C)c1ccc(-n2[c-][n+]3c4c(cccc42)Sc2cc4ccccc4cc2-3)cc1. The Morgan fingerprint density at radius 3 is 2.27 bits per heavy atom. The van der Waals surface area contributed by atoms with Gasteiger partial charge in [0, 0.05) is 9.79 Å². The van der Waals surface area contributed by atoms with E-state index in [-0.39, 0.29) is 5.41 Å². The molecule has 1 aliphatic heterocycles. The Morgan fingerprint density at radius 2 is 1.53 bits per heavy atom. The van der Waals surface area contributed by atoms with Crippen LogP contribution in [0.25, 0.3) is 33.2 Å². The molecule has 0 unspecified atom stereocenters. The summed E-state index contributed by atoms with van der Waals surface area (Å²) >= 11 is 1.85. The molecule has 5 aromatic rings. The molecule has 30 heavy (non-hydrogen) atoms. The summed E-state index contributed by atoms with van der Waals surface area (Å²) in [6.45, 7) is 6.75. The Bertz CT molecular complexity index is 1440. The quantitative estimate of drug-likeness (QED) is 0.220. The number of imidazole rings is 1. The maximum Gasteiger partial charge on any atom is 0.269 e. The highest BCUT2D eigenvalue weighted by atomic mass is 32.2. The molecule has 0 atom stereocenters. The number of nitrogens with zero attached hydrogens (tertiary/aromatic N) is 2. The summed E-state index contributed by atoms with van der Waals surface area (Å²) < 4.78 is 4.43. The van der Waals surface area contributed by atoms with Crippen molar-refractivity contribution < 1.29 is 4.57 Å². The minimum atomic E-state index is 0.146. The van der Waals surface area contributed by atoms with Crippen LogP contribution in [0.2, 0.25) is 0 Å². The first-order valence-electron chi connectivity index (χ1n) is 10.3. The van der Waals surface area contributed by atoms with Crippen LogP contribution in [0.5, 0.6) is 0 Å². The highest BCUT2D eigenvalue weighted by Crippen LogP contribution is 2.41. The topological polar surface area (TPSA) is 8.81 Å². The molecule has 6 rings (SSSR count). The summed E-state index contributed by atoms with van der Waals surface area (Å²) in [6, 6.07) is 28.6. The van der Waals surface area contributed by atoms with Crippen molar-refractivity contribution in [2.45, 2.75) is 36.0 Å². The third kappa shape index (κ3) is 2.62. The van der Waals surface area contributed by atoms with E-state index in [1.165, 1.54) is 42.8 Å². The van der Waals surface area contributed by atoms with Gasteiger partial charge in [-0.05, 0) is 46.0 Å². The summed E-state index contributed by atoms with van der Waals surface area (Å²) in [5, 5.41) is 2.53. The largest absolute Gasteiger partial charge is 0.292 e. The van der Waals surface area contributed by atoms with Crippen molar-refractivity contribution in [2.75, 3.05) is 0 Å². The van der Waals surface area contributed by atoms with Crippen molar-refractivity contribution in [1.82, 2.24) is 4.57 Å². The van der Waals surface area contributed by atoms with Crippen LogP contribution in [0.4, 0.5) is 0 Å². The molecule has 2 heterocycles. The van der Waals surface area contributed by atoms with E-state index < -0.39 is 0 Å². The highest BCUT2D eigenvalue weighted by molar-refractivity contribution is 7.99. The number of aromatic nitrogens is 2. The number of benzene rings is 4. The smallest absolute Gasteiger partial charge is 0.269 e. The fourth-order valence-electron chi connectivity index (χ4n) is 4.27. The minimum absolute atomic E-state index is 0.146. The van der Waals surface area contributed by atoms with Gasteiger partial charge in [-0.1, -0.05) is 87.1 Å². The summed E-state index contributed by atoms with van der Waals surface area (Å²) in [7, 11) is 0. The van der Waals surface area contributed by atoms with Gasteiger partial charge in [0.05, 0.1) is 22.4 Å². The molecule has 4 aromatic carbocycles. The van der Waals surface area contributed by atoms with E-state index in [1.54, 1.807) is 0 Å². The van der Waals surface area contributed by atoms with Crippen LogP contribution in [-0.2, 0) is 5.41 Å². The Hall–Kier alpha value is -3.04. The van der Waals surface area contributed by atoms with Gasteiger partial charge in [-0.25, -0.2) is 0 Å². The summed E-state index contributed by atoms with van der Waals surface area (Å²) in [5.41, 5.74) is 6.24. The molecule has 0 fully saturated rings. The zero-order valence-corrected chi connectivity index (χ0v) is 18.1. The fourth-order valence-corrected chi connectivity index (χ4v) is 5.38. The fraction of sp³-hybridized carbons (Fsp3) is 0.148. The second-order valence-electron chi connectivity index (χ2n) is 8.96. The maximum atomic E-state index is 3.65. The number of hydrogen-bond acceptors (Lipinski definition) is 1. The number of para-hydroxylation sites is 1.